The van der Waals surface area contributed by atoms with Crippen LogP contribution in [0.3, 0.4) is 0 Å². The van der Waals surface area contributed by atoms with Crippen LogP contribution < -0.4 is 10.6 Å². The normalized spacial score (nSPS) is 17.2. The van der Waals surface area contributed by atoms with E-state index in [0.29, 0.717) is 30.8 Å². The maximum absolute atomic E-state index is 12.3. The predicted molar refractivity (Wildman–Crippen MR) is 87.2 cm³/mol. The highest BCUT2D eigenvalue weighted by atomic mass is 16.6. The third-order valence-electron chi connectivity index (χ3n) is 4.44. The van der Waals surface area contributed by atoms with E-state index >= 15 is 0 Å². The van der Waals surface area contributed by atoms with Crippen molar-refractivity contribution in [1.29, 1.82) is 0 Å². The molecule has 1 aromatic rings. The lowest BCUT2D eigenvalue weighted by Gasteiger charge is -2.21. The molecule has 0 saturated carbocycles. The summed E-state index contributed by atoms with van der Waals surface area (Å²) in [4.78, 5) is 59.5. The number of benzene rings is 1. The second kappa shape index (κ2) is 7.00. The second-order valence-electron chi connectivity index (χ2n) is 6.12. The molecule has 10 heteroatoms. The molecular formula is C16H16N4O6. The van der Waals surface area contributed by atoms with E-state index in [1.807, 2.05) is 0 Å². The minimum atomic E-state index is -0.793. The number of non-ortho nitro benzene ring substituents is 1. The lowest BCUT2D eigenvalue weighted by molar-refractivity contribution is -0.384. The van der Waals surface area contributed by atoms with Gasteiger partial charge in [-0.1, -0.05) is 0 Å². The fraction of sp³-hybridized carbons (Fsp3) is 0.375. The first kappa shape index (κ1) is 17.7. The van der Waals surface area contributed by atoms with E-state index in [1.165, 1.54) is 6.07 Å². The molecule has 2 heterocycles. The predicted octanol–water partition coefficient (Wildman–Crippen LogP) is -0.167. The van der Waals surface area contributed by atoms with Crippen LogP contribution in [0, 0.1) is 16.0 Å². The first-order valence-electron chi connectivity index (χ1n) is 8.07. The molecule has 4 amide bonds. The number of nitrogens with one attached hydrogen (secondary N) is 2. The van der Waals surface area contributed by atoms with Gasteiger partial charge in [-0.2, -0.15) is 0 Å². The maximum atomic E-state index is 12.3. The van der Waals surface area contributed by atoms with Crippen LogP contribution in [0.5, 0.6) is 0 Å². The molecule has 1 aromatic carbocycles. The van der Waals surface area contributed by atoms with Gasteiger partial charge in [-0.15, -0.1) is 0 Å². The lowest BCUT2D eigenvalue weighted by atomic mass is 9.97. The van der Waals surface area contributed by atoms with Gasteiger partial charge in [-0.05, 0) is 32.0 Å². The number of imide groups is 2. The molecule has 0 radical (unpaired) electrons. The molecular weight excluding hydrogens is 344 g/mol. The Bertz CT molecular complexity index is 815. The van der Waals surface area contributed by atoms with Gasteiger partial charge < -0.3 is 5.32 Å². The molecule has 0 atom stereocenters. The Kier molecular flexibility index (Phi) is 4.76. The fourth-order valence-corrected chi connectivity index (χ4v) is 3.04. The zero-order valence-corrected chi connectivity index (χ0v) is 13.7. The number of amides is 4. The van der Waals surface area contributed by atoms with Crippen molar-refractivity contribution < 1.29 is 24.1 Å². The van der Waals surface area contributed by atoms with Gasteiger partial charge in [-0.25, -0.2) is 0 Å². The summed E-state index contributed by atoms with van der Waals surface area (Å²) in [5.74, 6) is -2.99. The highest BCUT2D eigenvalue weighted by molar-refractivity contribution is 6.22. The van der Waals surface area contributed by atoms with Crippen LogP contribution in [0.2, 0.25) is 0 Å². The molecule has 2 aliphatic heterocycles. The van der Waals surface area contributed by atoms with Gasteiger partial charge in [0.15, 0.2) is 0 Å². The second-order valence-corrected chi connectivity index (χ2v) is 6.12. The molecule has 0 aliphatic carbocycles. The number of nitro benzene ring substituents is 1. The molecule has 3 rings (SSSR count). The highest BCUT2D eigenvalue weighted by Crippen LogP contribution is 2.26. The first-order valence-corrected chi connectivity index (χ1v) is 8.07. The number of nitro groups is 1. The molecule has 2 aliphatic rings. The summed E-state index contributed by atoms with van der Waals surface area (Å²) in [5.41, 5.74) is -0.447. The summed E-state index contributed by atoms with van der Waals surface area (Å²) in [6, 6.07) is 3.31. The van der Waals surface area contributed by atoms with E-state index in [0.717, 1.165) is 12.1 Å². The number of piperidine rings is 1. The third kappa shape index (κ3) is 3.31. The van der Waals surface area contributed by atoms with Crippen LogP contribution in [0.25, 0.3) is 0 Å². The molecule has 0 bridgehead atoms. The Morgan fingerprint density at radius 2 is 1.85 bits per heavy atom. The molecule has 136 valence electrons. The van der Waals surface area contributed by atoms with Crippen LogP contribution in [0.15, 0.2) is 18.2 Å². The summed E-state index contributed by atoms with van der Waals surface area (Å²) in [6.45, 7) is 0.754. The van der Waals surface area contributed by atoms with Crippen molar-refractivity contribution >= 4 is 29.3 Å². The van der Waals surface area contributed by atoms with E-state index in [2.05, 4.69) is 10.6 Å². The van der Waals surface area contributed by atoms with Crippen molar-refractivity contribution in [2.45, 2.75) is 12.8 Å². The van der Waals surface area contributed by atoms with Crippen LogP contribution in [-0.2, 0) is 9.59 Å². The molecule has 0 spiro atoms. The summed E-state index contributed by atoms with van der Waals surface area (Å²) in [7, 11) is 0. The number of hydrogen-bond donors (Lipinski definition) is 2. The first-order chi connectivity index (χ1) is 12.4. The minimum Gasteiger partial charge on any atom is -0.317 e. The minimum absolute atomic E-state index is 0.00178. The van der Waals surface area contributed by atoms with E-state index < -0.39 is 35.1 Å². The van der Waals surface area contributed by atoms with Gasteiger partial charge in [0.1, 0.15) is 6.54 Å². The molecule has 26 heavy (non-hydrogen) atoms. The smallest absolute Gasteiger partial charge is 0.270 e. The van der Waals surface area contributed by atoms with E-state index in [1.54, 1.807) is 0 Å². The quantitative estimate of drug-likeness (QED) is 0.432. The molecule has 10 nitrogen and oxygen atoms in total. The monoisotopic (exact) mass is 360 g/mol. The van der Waals surface area contributed by atoms with Gasteiger partial charge in [0.05, 0.1) is 16.1 Å². The largest absolute Gasteiger partial charge is 0.317 e. The topological polar surface area (TPSA) is 139 Å². The number of hydrogen-bond acceptors (Lipinski definition) is 7. The zero-order valence-electron chi connectivity index (χ0n) is 13.7. The standard InChI is InChI=1S/C16H16N4O6/c21-13(18-14(22)9-3-5-17-6-4-9)8-19-15(23)11-2-1-10(20(25)26)7-12(11)16(19)24/h1-2,7,9,17H,3-6,8H2,(H,18,21,22). The Labute approximate surface area is 147 Å². The summed E-state index contributed by atoms with van der Waals surface area (Å²) >= 11 is 0. The van der Waals surface area contributed by atoms with Crippen LogP contribution >= 0.6 is 0 Å². The lowest BCUT2D eigenvalue weighted by Crippen LogP contribution is -2.45. The molecule has 2 N–H and O–H groups in total. The van der Waals surface area contributed by atoms with Gasteiger partial charge >= 0.3 is 0 Å². The summed E-state index contributed by atoms with van der Waals surface area (Å²) < 4.78 is 0. The molecule has 0 aromatic heterocycles. The van der Waals surface area contributed by atoms with Crippen LogP contribution in [0.1, 0.15) is 33.6 Å². The SMILES string of the molecule is O=C(CN1C(=O)c2ccc([N+](=O)[O-])cc2C1=O)NC(=O)C1CCNCC1. The fourth-order valence-electron chi connectivity index (χ4n) is 3.04. The van der Waals surface area contributed by atoms with E-state index in [4.69, 9.17) is 0 Å². The van der Waals surface area contributed by atoms with Crippen molar-refractivity contribution in [3.05, 3.63) is 39.4 Å². The van der Waals surface area contributed by atoms with Crippen molar-refractivity contribution in [2.24, 2.45) is 5.92 Å². The van der Waals surface area contributed by atoms with Crippen molar-refractivity contribution in [3.8, 4) is 0 Å². The van der Waals surface area contributed by atoms with Crippen molar-refractivity contribution in [3.63, 3.8) is 0 Å². The Morgan fingerprint density at radius 1 is 1.19 bits per heavy atom. The molecule has 1 fully saturated rings. The van der Waals surface area contributed by atoms with Gasteiger partial charge in [-0.3, -0.25) is 39.5 Å². The van der Waals surface area contributed by atoms with Crippen molar-refractivity contribution in [1.82, 2.24) is 15.5 Å². The van der Waals surface area contributed by atoms with Crippen LogP contribution in [0.4, 0.5) is 5.69 Å². The molecule has 0 unspecified atom stereocenters. The van der Waals surface area contributed by atoms with E-state index in [9.17, 15) is 29.3 Å². The number of fused-ring (bicyclic) bond motifs is 1. The number of rotatable bonds is 4. The van der Waals surface area contributed by atoms with Gasteiger partial charge in [0.2, 0.25) is 11.8 Å². The Hall–Kier alpha value is -3.14. The molecule has 1 saturated heterocycles. The van der Waals surface area contributed by atoms with Gasteiger partial charge in [0.25, 0.3) is 17.5 Å². The number of carbonyl (C=O) groups is 4. The number of carbonyl (C=O) groups excluding carboxylic acids is 4. The summed E-state index contributed by atoms with van der Waals surface area (Å²) in [5, 5.41) is 16.1. The average Bonchev–Trinajstić information content (AvgIpc) is 2.87. The van der Waals surface area contributed by atoms with Gasteiger partial charge in [0, 0.05) is 18.1 Å². The number of nitrogens with zero attached hydrogens (tertiary/aromatic N) is 2. The zero-order chi connectivity index (χ0) is 18.8. The average molecular weight is 360 g/mol. The third-order valence-corrected chi connectivity index (χ3v) is 4.44. The van der Waals surface area contributed by atoms with Crippen LogP contribution in [-0.4, -0.2) is 53.1 Å². The Balaban J connectivity index is 1.67. The van der Waals surface area contributed by atoms with Crippen molar-refractivity contribution in [2.75, 3.05) is 19.6 Å². The van der Waals surface area contributed by atoms with E-state index in [-0.39, 0.29) is 22.7 Å². The Morgan fingerprint density at radius 3 is 2.50 bits per heavy atom. The summed E-state index contributed by atoms with van der Waals surface area (Å²) in [6.07, 6.45) is 1.21. The highest BCUT2D eigenvalue weighted by Gasteiger charge is 2.38. The maximum Gasteiger partial charge on any atom is 0.270 e.